The van der Waals surface area contributed by atoms with Gasteiger partial charge in [0.05, 0.1) is 0 Å². The van der Waals surface area contributed by atoms with E-state index in [1.54, 1.807) is 0 Å². The van der Waals surface area contributed by atoms with E-state index >= 15 is 0 Å². The molecule has 0 N–H and O–H groups in total. The molecular weight excluding hydrogens is 221 g/mol. The van der Waals surface area contributed by atoms with Gasteiger partial charge in [-0.25, -0.2) is 0 Å². The predicted molar refractivity (Wildman–Crippen MR) is 58.9 cm³/mol. The summed E-state index contributed by atoms with van der Waals surface area (Å²) >= 11 is -1.62. The molecule has 0 aromatic heterocycles. The van der Waals surface area contributed by atoms with Gasteiger partial charge in [-0.3, -0.25) is 0 Å². The fraction of sp³-hybridized carbons (Fsp3) is 0.364. The minimum atomic E-state index is -1.62. The fourth-order valence-electron chi connectivity index (χ4n) is 1.50. The third-order valence-electron chi connectivity index (χ3n) is 2.41. The van der Waals surface area contributed by atoms with Gasteiger partial charge < -0.3 is 0 Å². The topological polar surface area (TPSA) is 17.1 Å². The van der Waals surface area contributed by atoms with Crippen molar-refractivity contribution in [1.29, 1.82) is 0 Å². The van der Waals surface area contributed by atoms with Crippen LogP contribution in [0.4, 0.5) is 0 Å². The monoisotopic (exact) mass is 238 g/mol. The molecule has 1 nitrogen and oxygen atoms in total. The molecule has 0 unspecified atom stereocenters. The second kappa shape index (κ2) is 5.22. The third kappa shape index (κ3) is 2.69. The van der Waals surface area contributed by atoms with Crippen molar-refractivity contribution in [3.8, 4) is 0 Å². The number of carbonyl (C=O) groups is 1. The second-order valence-electron chi connectivity index (χ2n) is 3.24. The van der Waals surface area contributed by atoms with Crippen LogP contribution >= 0.6 is 0 Å². The van der Waals surface area contributed by atoms with Gasteiger partial charge in [0, 0.05) is 0 Å². The van der Waals surface area contributed by atoms with Gasteiger partial charge in [-0.1, -0.05) is 0 Å². The predicted octanol–water partition coefficient (Wildman–Crippen LogP) is 2.68. The van der Waals surface area contributed by atoms with Crippen molar-refractivity contribution >= 4 is 19.0 Å². The molecule has 0 saturated carbocycles. The van der Waals surface area contributed by atoms with Gasteiger partial charge in [-0.2, -0.15) is 0 Å². The molecule has 1 aromatic carbocycles. The molecule has 0 heterocycles. The Morgan fingerprint density at radius 2 is 1.69 bits per heavy atom. The van der Waals surface area contributed by atoms with Crippen molar-refractivity contribution in [3.05, 3.63) is 35.9 Å². The van der Waals surface area contributed by atoms with Crippen molar-refractivity contribution in [1.82, 2.24) is 0 Å². The Hall–Kier alpha value is -0.567. The van der Waals surface area contributed by atoms with E-state index in [2.05, 4.69) is 13.8 Å². The van der Waals surface area contributed by atoms with Gasteiger partial charge in [0.2, 0.25) is 0 Å². The molecule has 1 rings (SSSR count). The first-order valence-corrected chi connectivity index (χ1v) is 9.52. The average Bonchev–Trinajstić information content (AvgIpc) is 2.21. The first-order chi connectivity index (χ1) is 6.29. The number of hydrogen-bond acceptors (Lipinski definition) is 1. The Kier molecular flexibility index (Phi) is 4.23. The van der Waals surface area contributed by atoms with Gasteiger partial charge in [0.25, 0.3) is 0 Å². The van der Waals surface area contributed by atoms with Crippen molar-refractivity contribution in [3.63, 3.8) is 0 Å². The molecule has 13 heavy (non-hydrogen) atoms. The van der Waals surface area contributed by atoms with Crippen LogP contribution in [0.5, 0.6) is 0 Å². The number of carbonyl (C=O) groups excluding carboxylic acids is 1. The molecule has 0 atom stereocenters. The van der Waals surface area contributed by atoms with Gasteiger partial charge in [-0.15, -0.1) is 0 Å². The minimum absolute atomic E-state index is 0.470. The number of hydrogen-bond donors (Lipinski definition) is 0. The van der Waals surface area contributed by atoms with Crippen molar-refractivity contribution in [2.24, 2.45) is 0 Å². The van der Waals surface area contributed by atoms with Gasteiger partial charge in [0.15, 0.2) is 0 Å². The van der Waals surface area contributed by atoms with E-state index in [1.807, 2.05) is 30.3 Å². The summed E-state index contributed by atoms with van der Waals surface area (Å²) in [5.74, 6) is 0. The quantitative estimate of drug-likeness (QED) is 0.735. The zero-order valence-electron chi connectivity index (χ0n) is 8.29. The first-order valence-electron chi connectivity index (χ1n) is 4.88. The molecule has 0 radical (unpaired) electrons. The van der Waals surface area contributed by atoms with E-state index in [1.165, 1.54) is 0 Å². The maximum atomic E-state index is 11.9. The fourth-order valence-corrected chi connectivity index (χ4v) is 5.66. The standard InChI is InChI=1S/C11H16GeO/c1-3-12(4-2)11(13)10-8-6-5-7-9-10/h5-9,12H,3-4H2,1-2H3. The zero-order valence-corrected chi connectivity index (χ0v) is 10.7. The van der Waals surface area contributed by atoms with E-state index in [0.717, 1.165) is 16.1 Å². The van der Waals surface area contributed by atoms with Gasteiger partial charge in [0.1, 0.15) is 0 Å². The van der Waals surface area contributed by atoms with Crippen molar-refractivity contribution < 1.29 is 4.79 Å². The number of rotatable bonds is 4. The maximum absolute atomic E-state index is 11.9. The Labute approximate surface area is 84.3 Å². The SMILES string of the molecule is C[CH2][GeH]([CH2]C)[C](=O)c1ccccc1. The summed E-state index contributed by atoms with van der Waals surface area (Å²) in [6.07, 6.45) is 0. The Morgan fingerprint density at radius 1 is 1.15 bits per heavy atom. The molecule has 2 heteroatoms. The molecule has 0 aliphatic carbocycles. The van der Waals surface area contributed by atoms with Crippen LogP contribution in [0.25, 0.3) is 0 Å². The Balaban J connectivity index is 2.78. The van der Waals surface area contributed by atoms with Crippen LogP contribution in [-0.4, -0.2) is 19.0 Å². The van der Waals surface area contributed by atoms with Crippen LogP contribution in [0.1, 0.15) is 24.2 Å². The summed E-state index contributed by atoms with van der Waals surface area (Å²) in [6, 6.07) is 9.71. The normalized spacial score (nSPS) is 10.4. The van der Waals surface area contributed by atoms with Gasteiger partial charge in [-0.05, 0) is 0 Å². The van der Waals surface area contributed by atoms with Crippen LogP contribution < -0.4 is 0 Å². The summed E-state index contributed by atoms with van der Waals surface area (Å²) < 4.78 is 0.470. The van der Waals surface area contributed by atoms with E-state index in [4.69, 9.17) is 0 Å². The van der Waals surface area contributed by atoms with E-state index < -0.39 is 14.3 Å². The summed E-state index contributed by atoms with van der Waals surface area (Å²) in [5, 5.41) is 2.24. The summed E-state index contributed by atoms with van der Waals surface area (Å²) in [7, 11) is 0. The molecule has 0 amide bonds. The van der Waals surface area contributed by atoms with Crippen LogP contribution in [0.3, 0.4) is 0 Å². The summed E-state index contributed by atoms with van der Waals surface area (Å²) in [6.45, 7) is 4.30. The molecule has 0 saturated heterocycles. The zero-order chi connectivity index (χ0) is 9.68. The van der Waals surface area contributed by atoms with Crippen LogP contribution in [0.15, 0.2) is 30.3 Å². The summed E-state index contributed by atoms with van der Waals surface area (Å²) in [4.78, 5) is 11.9. The molecule has 1 aromatic rings. The van der Waals surface area contributed by atoms with E-state index in [-0.39, 0.29) is 0 Å². The molecule has 0 aliphatic rings. The second-order valence-corrected chi connectivity index (χ2v) is 10.7. The van der Waals surface area contributed by atoms with Crippen LogP contribution in [0, 0.1) is 0 Å². The molecular formula is C11H16GeO. The first kappa shape index (κ1) is 10.5. The number of benzene rings is 1. The Morgan fingerprint density at radius 3 is 2.15 bits per heavy atom. The summed E-state index contributed by atoms with van der Waals surface area (Å²) in [5.41, 5.74) is 0.927. The Bertz CT molecular complexity index is 265. The van der Waals surface area contributed by atoms with E-state index in [0.29, 0.717) is 4.62 Å². The molecule has 70 valence electrons. The van der Waals surface area contributed by atoms with Crippen molar-refractivity contribution in [2.75, 3.05) is 0 Å². The van der Waals surface area contributed by atoms with E-state index in [9.17, 15) is 4.79 Å². The third-order valence-corrected chi connectivity index (χ3v) is 8.81. The average molecular weight is 237 g/mol. The molecule has 0 fully saturated rings. The van der Waals surface area contributed by atoms with Crippen LogP contribution in [0.2, 0.25) is 10.5 Å². The van der Waals surface area contributed by atoms with Crippen LogP contribution in [-0.2, 0) is 0 Å². The molecule has 0 spiro atoms. The van der Waals surface area contributed by atoms with Crippen molar-refractivity contribution in [2.45, 2.75) is 24.4 Å². The molecule has 0 aliphatic heterocycles. The molecule has 0 bridgehead atoms. The van der Waals surface area contributed by atoms with Gasteiger partial charge >= 0.3 is 84.0 Å².